The highest BCUT2D eigenvalue weighted by molar-refractivity contribution is 5.47. The zero-order chi connectivity index (χ0) is 12.4. The maximum atomic E-state index is 5.78. The lowest BCUT2D eigenvalue weighted by atomic mass is 10.1. The highest BCUT2D eigenvalue weighted by Crippen LogP contribution is 2.22. The summed E-state index contributed by atoms with van der Waals surface area (Å²) in [5.41, 5.74) is 6.91. The molecular formula is C13H22N4. The van der Waals surface area contributed by atoms with E-state index in [0.29, 0.717) is 18.6 Å². The highest BCUT2D eigenvalue weighted by atomic mass is 15.3. The van der Waals surface area contributed by atoms with E-state index in [1.54, 1.807) is 0 Å². The molecular weight excluding hydrogens is 212 g/mol. The summed E-state index contributed by atoms with van der Waals surface area (Å²) in [6, 6.07) is 5.11. The van der Waals surface area contributed by atoms with Gasteiger partial charge in [-0.15, -0.1) is 0 Å². The molecule has 2 atom stereocenters. The molecule has 1 aromatic rings. The van der Waals surface area contributed by atoms with Gasteiger partial charge in [0, 0.05) is 43.5 Å². The molecule has 1 aliphatic heterocycles. The quantitative estimate of drug-likeness (QED) is 0.831. The second-order valence-corrected chi connectivity index (χ2v) is 4.96. The summed E-state index contributed by atoms with van der Waals surface area (Å²) in [7, 11) is 2.19. The molecule has 0 saturated carbocycles. The van der Waals surface area contributed by atoms with Crippen LogP contribution in [-0.2, 0) is 6.54 Å². The third-order valence-electron chi connectivity index (χ3n) is 3.75. The second-order valence-electron chi connectivity index (χ2n) is 4.96. The fourth-order valence-electron chi connectivity index (χ4n) is 2.45. The number of nitrogens with two attached hydrogens (primary N) is 1. The van der Waals surface area contributed by atoms with Crippen LogP contribution in [0.15, 0.2) is 18.3 Å². The first-order valence-electron chi connectivity index (χ1n) is 6.24. The Labute approximate surface area is 103 Å². The minimum atomic E-state index is 0.548. The first-order chi connectivity index (χ1) is 8.13. The Kier molecular flexibility index (Phi) is 3.64. The fourth-order valence-corrected chi connectivity index (χ4v) is 2.45. The van der Waals surface area contributed by atoms with Gasteiger partial charge in [0.1, 0.15) is 5.82 Å². The number of anilines is 1. The number of nitrogens with zero attached hydrogens (tertiary/aromatic N) is 3. The van der Waals surface area contributed by atoms with Gasteiger partial charge in [-0.25, -0.2) is 4.98 Å². The lowest BCUT2D eigenvalue weighted by Crippen LogP contribution is -2.55. The van der Waals surface area contributed by atoms with Crippen LogP contribution in [0.2, 0.25) is 0 Å². The van der Waals surface area contributed by atoms with E-state index in [9.17, 15) is 0 Å². The molecule has 17 heavy (non-hydrogen) atoms. The van der Waals surface area contributed by atoms with Crippen molar-refractivity contribution in [1.82, 2.24) is 9.88 Å². The topological polar surface area (TPSA) is 45.4 Å². The highest BCUT2D eigenvalue weighted by Gasteiger charge is 2.27. The summed E-state index contributed by atoms with van der Waals surface area (Å²) in [6.45, 7) is 7.11. The summed E-state index contributed by atoms with van der Waals surface area (Å²) >= 11 is 0. The molecule has 4 heteroatoms. The molecule has 0 aliphatic carbocycles. The standard InChI is InChI=1S/C13H22N4/c1-10-8-17(9-11(2)16(10)3)13-12(7-14)5-4-6-15-13/h4-6,10-11H,7-9,14H2,1-3H3/t10-,11+. The predicted molar refractivity (Wildman–Crippen MR) is 71.0 cm³/mol. The van der Waals surface area contributed by atoms with E-state index in [-0.39, 0.29) is 0 Å². The molecule has 94 valence electrons. The molecule has 1 saturated heterocycles. The van der Waals surface area contributed by atoms with E-state index in [0.717, 1.165) is 24.5 Å². The van der Waals surface area contributed by atoms with Gasteiger partial charge in [-0.2, -0.15) is 0 Å². The van der Waals surface area contributed by atoms with Crippen molar-refractivity contribution in [3.63, 3.8) is 0 Å². The molecule has 2 N–H and O–H groups in total. The molecule has 0 bridgehead atoms. The summed E-state index contributed by atoms with van der Waals surface area (Å²) in [4.78, 5) is 9.27. The van der Waals surface area contributed by atoms with Gasteiger partial charge in [-0.1, -0.05) is 6.07 Å². The minimum Gasteiger partial charge on any atom is -0.353 e. The first-order valence-corrected chi connectivity index (χ1v) is 6.24. The Morgan fingerprint density at radius 2 is 2.00 bits per heavy atom. The van der Waals surface area contributed by atoms with Crippen molar-refractivity contribution in [2.24, 2.45) is 5.73 Å². The second kappa shape index (κ2) is 5.02. The molecule has 0 aromatic carbocycles. The van der Waals surface area contributed by atoms with Crippen LogP contribution in [0.4, 0.5) is 5.82 Å². The number of hydrogen-bond donors (Lipinski definition) is 1. The van der Waals surface area contributed by atoms with E-state index in [2.05, 4.69) is 41.7 Å². The van der Waals surface area contributed by atoms with Crippen LogP contribution in [0, 0.1) is 0 Å². The molecule has 4 nitrogen and oxygen atoms in total. The zero-order valence-corrected chi connectivity index (χ0v) is 10.9. The molecule has 1 aliphatic rings. The van der Waals surface area contributed by atoms with Crippen LogP contribution in [0.5, 0.6) is 0 Å². The van der Waals surface area contributed by atoms with Crippen LogP contribution >= 0.6 is 0 Å². The monoisotopic (exact) mass is 234 g/mol. The average Bonchev–Trinajstić information content (AvgIpc) is 2.35. The molecule has 0 radical (unpaired) electrons. The SMILES string of the molecule is C[C@@H]1CN(c2ncccc2CN)C[C@H](C)N1C. The third kappa shape index (κ3) is 2.42. The zero-order valence-electron chi connectivity index (χ0n) is 10.9. The summed E-state index contributed by atoms with van der Waals surface area (Å²) in [5, 5.41) is 0. The van der Waals surface area contributed by atoms with Gasteiger partial charge in [-0.05, 0) is 27.0 Å². The van der Waals surface area contributed by atoms with Gasteiger partial charge in [0.15, 0.2) is 0 Å². The van der Waals surface area contributed by atoms with Crippen LogP contribution < -0.4 is 10.6 Å². The maximum absolute atomic E-state index is 5.78. The Hall–Kier alpha value is -1.13. The van der Waals surface area contributed by atoms with E-state index < -0.39 is 0 Å². The molecule has 0 spiro atoms. The lowest BCUT2D eigenvalue weighted by molar-refractivity contribution is 0.169. The van der Waals surface area contributed by atoms with Gasteiger partial charge in [-0.3, -0.25) is 4.90 Å². The number of likely N-dealkylation sites (N-methyl/N-ethyl adjacent to an activating group) is 1. The van der Waals surface area contributed by atoms with E-state index in [4.69, 9.17) is 5.73 Å². The van der Waals surface area contributed by atoms with E-state index >= 15 is 0 Å². The van der Waals surface area contributed by atoms with Crippen molar-refractivity contribution in [2.75, 3.05) is 25.0 Å². The number of piperazine rings is 1. The third-order valence-corrected chi connectivity index (χ3v) is 3.75. The van der Waals surface area contributed by atoms with Gasteiger partial charge in [0.25, 0.3) is 0 Å². The summed E-state index contributed by atoms with van der Waals surface area (Å²) in [5.74, 6) is 1.06. The number of aromatic nitrogens is 1. The number of pyridine rings is 1. The largest absolute Gasteiger partial charge is 0.353 e. The molecule has 2 heterocycles. The molecule has 2 rings (SSSR count). The number of hydrogen-bond acceptors (Lipinski definition) is 4. The van der Waals surface area contributed by atoms with Crippen molar-refractivity contribution in [3.8, 4) is 0 Å². The van der Waals surface area contributed by atoms with Gasteiger partial charge in [0.05, 0.1) is 0 Å². The van der Waals surface area contributed by atoms with Gasteiger partial charge in [0.2, 0.25) is 0 Å². The molecule has 0 unspecified atom stereocenters. The average molecular weight is 234 g/mol. The Bertz CT molecular complexity index is 367. The Balaban J connectivity index is 2.22. The van der Waals surface area contributed by atoms with Crippen molar-refractivity contribution in [2.45, 2.75) is 32.5 Å². The Morgan fingerprint density at radius 1 is 1.35 bits per heavy atom. The predicted octanol–water partition coefficient (Wildman–Crippen LogP) is 1.07. The summed E-state index contributed by atoms with van der Waals surface area (Å²) in [6.07, 6.45) is 1.85. The van der Waals surface area contributed by atoms with Crippen LogP contribution in [0.1, 0.15) is 19.4 Å². The molecule has 1 aromatic heterocycles. The minimum absolute atomic E-state index is 0.548. The summed E-state index contributed by atoms with van der Waals surface area (Å²) < 4.78 is 0. The van der Waals surface area contributed by atoms with Crippen LogP contribution in [0.25, 0.3) is 0 Å². The van der Waals surface area contributed by atoms with Gasteiger partial charge >= 0.3 is 0 Å². The lowest BCUT2D eigenvalue weighted by Gasteiger charge is -2.43. The fraction of sp³-hybridized carbons (Fsp3) is 0.615. The Morgan fingerprint density at radius 3 is 2.59 bits per heavy atom. The molecule has 0 amide bonds. The van der Waals surface area contributed by atoms with Crippen molar-refractivity contribution >= 4 is 5.82 Å². The van der Waals surface area contributed by atoms with Gasteiger partial charge < -0.3 is 10.6 Å². The van der Waals surface area contributed by atoms with E-state index in [1.165, 1.54) is 0 Å². The van der Waals surface area contributed by atoms with Crippen LogP contribution in [-0.4, -0.2) is 42.1 Å². The first kappa shape index (κ1) is 12.3. The smallest absolute Gasteiger partial charge is 0.133 e. The van der Waals surface area contributed by atoms with Crippen LogP contribution in [0.3, 0.4) is 0 Å². The maximum Gasteiger partial charge on any atom is 0.133 e. The van der Waals surface area contributed by atoms with Crippen molar-refractivity contribution in [1.29, 1.82) is 0 Å². The molecule has 1 fully saturated rings. The normalized spacial score (nSPS) is 26.2. The van der Waals surface area contributed by atoms with E-state index in [1.807, 2.05) is 12.3 Å². The van der Waals surface area contributed by atoms with Crippen molar-refractivity contribution < 1.29 is 0 Å². The number of rotatable bonds is 2. The van der Waals surface area contributed by atoms with Crippen molar-refractivity contribution in [3.05, 3.63) is 23.9 Å².